The molecule has 0 aromatic heterocycles. The van der Waals surface area contributed by atoms with Crippen LogP contribution in [0.1, 0.15) is 20.8 Å². The Labute approximate surface area is 94.7 Å². The average Bonchev–Trinajstić information content (AvgIpc) is 2.01. The molecule has 0 N–H and O–H groups in total. The number of ether oxygens (including phenoxy) is 1. The quantitative estimate of drug-likeness (QED) is 0.571. The molecule has 0 heterocycles. The van der Waals surface area contributed by atoms with Gasteiger partial charge in [-0.05, 0) is 0 Å². The normalized spacial score (nSPS) is 12.8. The molecule has 0 saturated carbocycles. The van der Waals surface area contributed by atoms with Crippen LogP contribution in [0.5, 0.6) is 0 Å². The maximum absolute atomic E-state index is 11.5. The van der Waals surface area contributed by atoms with Crippen LogP contribution in [0.2, 0.25) is 0 Å². The van der Waals surface area contributed by atoms with Crippen LogP contribution in [0, 0.1) is 5.41 Å². The second kappa shape index (κ2) is 5.70. The minimum absolute atomic E-state index is 0.0702. The van der Waals surface area contributed by atoms with E-state index in [-0.39, 0.29) is 11.2 Å². The van der Waals surface area contributed by atoms with E-state index >= 15 is 0 Å². The van der Waals surface area contributed by atoms with Gasteiger partial charge in [0.25, 0.3) is 0 Å². The molecule has 0 fully saturated rings. The van der Waals surface area contributed by atoms with Crippen molar-refractivity contribution in [2.24, 2.45) is 5.41 Å². The topological polar surface area (TPSA) is 35.5 Å². The Bertz CT molecular complexity index is 203. The molecule has 0 amide bonds. The third-order valence-electron chi connectivity index (χ3n) is 1.50. The summed E-state index contributed by atoms with van der Waals surface area (Å²) < 4.78 is 10.0. The molecular weight excluding hydrogens is 271 g/mol. The fraction of sp³-hybridized carbons (Fsp3) is 0.667. The third-order valence-corrected chi connectivity index (χ3v) is 2.56. The molecule has 0 aromatic carbocycles. The summed E-state index contributed by atoms with van der Waals surface area (Å²) in [6.07, 6.45) is 1.53. The molecule has 0 unspecified atom stereocenters. The van der Waals surface area contributed by atoms with E-state index in [0.29, 0.717) is 37.2 Å². The van der Waals surface area contributed by atoms with E-state index in [1.807, 2.05) is 20.8 Å². The Hall–Kier alpha value is 0.0401. The van der Waals surface area contributed by atoms with Gasteiger partial charge < -0.3 is 0 Å². The zero-order valence-corrected chi connectivity index (χ0v) is 12.8. The SMILES string of the molecule is COCC(=CC(=O)C(C)(C)C)[O][InH]. The van der Waals surface area contributed by atoms with Gasteiger partial charge in [-0.15, -0.1) is 0 Å². The fourth-order valence-corrected chi connectivity index (χ4v) is 1.11. The zero-order valence-electron chi connectivity index (χ0n) is 8.72. The number of carbonyl (C=O) groups is 1. The van der Waals surface area contributed by atoms with Crippen molar-refractivity contribution in [2.45, 2.75) is 20.8 Å². The Kier molecular flexibility index (Phi) is 5.72. The van der Waals surface area contributed by atoms with Crippen molar-refractivity contribution >= 4 is 30.6 Å². The van der Waals surface area contributed by atoms with Gasteiger partial charge in [-0.25, -0.2) is 0 Å². The zero-order chi connectivity index (χ0) is 10.5. The summed E-state index contributed by atoms with van der Waals surface area (Å²) in [6.45, 7) is 6.02. The Morgan fingerprint density at radius 3 is 2.31 bits per heavy atom. The Morgan fingerprint density at radius 1 is 1.46 bits per heavy atom. The molecule has 0 bridgehead atoms. The Balaban J connectivity index is 4.42. The summed E-state index contributed by atoms with van der Waals surface area (Å²) in [7, 11) is 1.58. The van der Waals surface area contributed by atoms with Crippen molar-refractivity contribution in [1.29, 1.82) is 0 Å². The first-order chi connectivity index (χ1) is 5.91. The summed E-state index contributed by atoms with van der Waals surface area (Å²) in [5.41, 5.74) is -0.345. The molecule has 0 saturated heterocycles. The molecule has 0 rings (SSSR count). The Morgan fingerprint density at radius 2 is 2.00 bits per heavy atom. The number of ketones is 1. The van der Waals surface area contributed by atoms with Gasteiger partial charge in [0.1, 0.15) is 0 Å². The molecule has 0 spiro atoms. The summed E-state index contributed by atoms with van der Waals surface area (Å²) in [5, 5.41) is 0. The van der Waals surface area contributed by atoms with Crippen LogP contribution in [0.25, 0.3) is 0 Å². The summed E-state index contributed by atoms with van der Waals surface area (Å²) in [4.78, 5) is 11.5. The van der Waals surface area contributed by atoms with Crippen molar-refractivity contribution in [1.82, 2.24) is 0 Å². The van der Waals surface area contributed by atoms with Gasteiger partial charge in [0.15, 0.2) is 0 Å². The number of allylic oxidation sites excluding steroid dienone is 1. The van der Waals surface area contributed by atoms with E-state index in [2.05, 4.69) is 0 Å². The van der Waals surface area contributed by atoms with Crippen molar-refractivity contribution in [2.75, 3.05) is 13.7 Å². The van der Waals surface area contributed by atoms with Gasteiger partial charge in [0.05, 0.1) is 0 Å². The summed E-state index contributed by atoms with van der Waals surface area (Å²) in [5.74, 6) is 0.704. The van der Waals surface area contributed by atoms with E-state index in [1.54, 1.807) is 7.11 Å². The van der Waals surface area contributed by atoms with Gasteiger partial charge in [-0.3, -0.25) is 0 Å². The summed E-state index contributed by atoms with van der Waals surface area (Å²) >= 11 is 0.365. The van der Waals surface area contributed by atoms with E-state index in [0.717, 1.165) is 0 Å². The summed E-state index contributed by atoms with van der Waals surface area (Å²) in [6, 6.07) is 0. The van der Waals surface area contributed by atoms with Crippen LogP contribution >= 0.6 is 0 Å². The van der Waals surface area contributed by atoms with Crippen LogP contribution in [0.4, 0.5) is 0 Å². The van der Waals surface area contributed by atoms with Gasteiger partial charge in [0.2, 0.25) is 0 Å². The predicted octanol–water partition coefficient (Wildman–Crippen LogP) is 0.964. The van der Waals surface area contributed by atoms with Crippen molar-refractivity contribution in [3.8, 4) is 0 Å². The molecule has 73 valence electrons. The number of carbonyl (C=O) groups excluding carboxylic acids is 1. The van der Waals surface area contributed by atoms with Gasteiger partial charge in [-0.2, -0.15) is 0 Å². The van der Waals surface area contributed by atoms with Crippen LogP contribution < -0.4 is 0 Å². The van der Waals surface area contributed by atoms with Crippen LogP contribution in [0.3, 0.4) is 0 Å². The van der Waals surface area contributed by atoms with Crippen molar-refractivity contribution in [3.63, 3.8) is 0 Å². The third kappa shape index (κ3) is 5.37. The van der Waals surface area contributed by atoms with Crippen LogP contribution in [0.15, 0.2) is 11.8 Å². The van der Waals surface area contributed by atoms with Crippen LogP contribution in [-0.4, -0.2) is 44.3 Å². The first-order valence-electron chi connectivity index (χ1n) is 4.07. The number of hydrogen-bond acceptors (Lipinski definition) is 3. The molecule has 13 heavy (non-hydrogen) atoms. The van der Waals surface area contributed by atoms with E-state index in [9.17, 15) is 4.79 Å². The van der Waals surface area contributed by atoms with Crippen LogP contribution in [-0.2, 0) is 12.4 Å². The second-order valence-corrected chi connectivity index (χ2v) is 4.63. The molecule has 1 radical (unpaired) electrons. The standard InChI is InChI=1S/C9H16O3.In.H/c1-9(2,3)8(11)5-7(10)6-12-4;;/h5,10H,6H2,1-4H3;;/q;+1;/p-1. The van der Waals surface area contributed by atoms with Gasteiger partial charge in [-0.1, -0.05) is 0 Å². The molecule has 4 heteroatoms. The monoisotopic (exact) mass is 287 g/mol. The molecule has 0 aliphatic heterocycles. The van der Waals surface area contributed by atoms with E-state index < -0.39 is 0 Å². The first kappa shape index (κ1) is 13.0. The predicted molar refractivity (Wildman–Crippen MR) is 52.7 cm³/mol. The average molecular weight is 287 g/mol. The van der Waals surface area contributed by atoms with Gasteiger partial charge >= 0.3 is 94.7 Å². The van der Waals surface area contributed by atoms with Crippen molar-refractivity contribution in [3.05, 3.63) is 11.8 Å². The molecule has 3 nitrogen and oxygen atoms in total. The van der Waals surface area contributed by atoms with E-state index in [4.69, 9.17) is 7.59 Å². The maximum atomic E-state index is 11.5. The first-order valence-corrected chi connectivity index (χ1v) is 5.72. The molecule has 0 aliphatic rings. The molecule has 0 aliphatic carbocycles. The van der Waals surface area contributed by atoms with E-state index in [1.165, 1.54) is 6.08 Å². The number of methoxy groups -OCH3 is 1. The molecule has 0 aromatic rings. The number of hydrogen-bond donors (Lipinski definition) is 0. The van der Waals surface area contributed by atoms with Gasteiger partial charge in [0, 0.05) is 0 Å². The number of rotatable bonds is 4. The fourth-order valence-electron chi connectivity index (χ4n) is 0.630. The molecular formula is C9H16InO3. The second-order valence-electron chi connectivity index (χ2n) is 3.80. The minimum atomic E-state index is -0.345. The van der Waals surface area contributed by atoms with Crippen molar-refractivity contribution < 1.29 is 12.4 Å². The molecule has 0 atom stereocenters.